The first kappa shape index (κ1) is 36.8. The number of azo groups is 2. The summed E-state index contributed by atoms with van der Waals surface area (Å²) < 4.78 is 35.2. The van der Waals surface area contributed by atoms with E-state index in [1.807, 2.05) is 0 Å². The number of nitrogens with one attached hydrogen (secondary N) is 2. The minimum absolute atomic E-state index is 0.0193. The third kappa shape index (κ3) is 7.72. The summed E-state index contributed by atoms with van der Waals surface area (Å²) in [6.45, 7) is 3.10. The Hall–Kier alpha value is -7.57. The zero-order valence-corrected chi connectivity index (χ0v) is 30.1. The van der Waals surface area contributed by atoms with Crippen molar-refractivity contribution in [2.75, 3.05) is 10.6 Å². The Balaban J connectivity index is 1.15. The highest BCUT2D eigenvalue weighted by molar-refractivity contribution is 7.86. The average Bonchev–Trinajstić information content (AvgIpc) is 3.18. The van der Waals surface area contributed by atoms with Crippen LogP contribution >= 0.6 is 0 Å². The van der Waals surface area contributed by atoms with E-state index in [2.05, 4.69) is 51.0 Å². The van der Waals surface area contributed by atoms with Gasteiger partial charge in [-0.05, 0) is 92.7 Å². The van der Waals surface area contributed by atoms with Crippen LogP contribution in [0.2, 0.25) is 0 Å². The highest BCUT2D eigenvalue weighted by Gasteiger charge is 2.23. The molecule has 0 fully saturated rings. The standard InChI is InChI=1S/C38H28N10O7S/c1-20-23(18-25-30(49)13-11-28(35(25)41-20)45-47-33-7-3-5-15-39-33)37(51)43-22-9-10-27(32(17-22)56(53,54)55)44-38(52)24-19-26-31(50)14-12-29(36(26)42-21(24)2)46-48-34-8-4-6-16-40-34/h3-19,49-50H,1-2H3,(H,43,51)(H,44,52)(H,53,54,55)/b47-45+,48-46+. The summed E-state index contributed by atoms with van der Waals surface area (Å²) in [4.78, 5) is 43.5. The van der Waals surface area contributed by atoms with Crippen LogP contribution in [0.25, 0.3) is 21.8 Å². The Labute approximate surface area is 317 Å². The van der Waals surface area contributed by atoms with Gasteiger partial charge in [-0.25, -0.2) is 19.9 Å². The molecule has 2 amide bonds. The maximum atomic E-state index is 13.5. The lowest BCUT2D eigenvalue weighted by atomic mass is 10.1. The molecule has 0 aliphatic rings. The maximum Gasteiger partial charge on any atom is 0.296 e. The fraction of sp³-hybridized carbons (Fsp3) is 0.0526. The fourth-order valence-electron chi connectivity index (χ4n) is 5.61. The number of anilines is 2. The number of aryl methyl sites for hydroxylation is 2. The van der Waals surface area contributed by atoms with Crippen molar-refractivity contribution in [1.82, 2.24) is 19.9 Å². The molecule has 0 radical (unpaired) electrons. The molecule has 0 spiro atoms. The molecule has 0 unspecified atom stereocenters. The zero-order valence-electron chi connectivity index (χ0n) is 29.3. The van der Waals surface area contributed by atoms with Crippen molar-refractivity contribution >= 4 is 78.1 Å². The van der Waals surface area contributed by atoms with Gasteiger partial charge in [0.05, 0.1) is 28.2 Å². The molecular formula is C38H28N10O7S. The summed E-state index contributed by atoms with van der Waals surface area (Å²) in [7, 11) is -4.96. The Bertz CT molecular complexity index is 2870. The number of aromatic nitrogens is 4. The Morgan fingerprint density at radius 2 is 1.12 bits per heavy atom. The zero-order chi connectivity index (χ0) is 39.6. The van der Waals surface area contributed by atoms with Gasteiger partial charge in [0.2, 0.25) is 0 Å². The number of phenols is 2. The molecule has 56 heavy (non-hydrogen) atoms. The first-order valence-corrected chi connectivity index (χ1v) is 18.0. The van der Waals surface area contributed by atoms with Crippen LogP contribution < -0.4 is 10.6 Å². The SMILES string of the molecule is Cc1nc2c(/N=N/c3ccccn3)ccc(O)c2cc1C(=O)Nc1ccc(NC(=O)c2cc3c(O)ccc(/N=N/c4ccccn4)c3nc2C)c(S(=O)(=O)O)c1. The van der Waals surface area contributed by atoms with E-state index in [-0.39, 0.29) is 67.2 Å². The number of carbonyl (C=O) groups is 2. The smallest absolute Gasteiger partial charge is 0.296 e. The van der Waals surface area contributed by atoms with Gasteiger partial charge in [0.1, 0.15) is 38.8 Å². The second kappa shape index (κ2) is 15.0. The predicted octanol–water partition coefficient (Wildman–Crippen LogP) is 8.18. The molecule has 0 aliphatic carbocycles. The largest absolute Gasteiger partial charge is 0.507 e. The lowest BCUT2D eigenvalue weighted by Crippen LogP contribution is -2.18. The summed E-state index contributed by atoms with van der Waals surface area (Å²) in [5.74, 6) is -1.20. The first-order chi connectivity index (χ1) is 26.9. The van der Waals surface area contributed by atoms with Gasteiger partial charge >= 0.3 is 0 Å². The molecule has 18 heteroatoms. The number of nitrogens with zero attached hydrogens (tertiary/aromatic N) is 8. The van der Waals surface area contributed by atoms with Gasteiger partial charge in [-0.2, -0.15) is 8.42 Å². The molecule has 0 aliphatic heterocycles. The van der Waals surface area contributed by atoms with Crippen LogP contribution in [-0.4, -0.2) is 54.9 Å². The van der Waals surface area contributed by atoms with Crippen LogP contribution in [0.15, 0.2) is 129 Å². The van der Waals surface area contributed by atoms with Crippen LogP contribution in [-0.2, 0) is 10.1 Å². The van der Waals surface area contributed by atoms with E-state index in [0.717, 1.165) is 6.07 Å². The predicted molar refractivity (Wildman–Crippen MR) is 205 cm³/mol. The van der Waals surface area contributed by atoms with Crippen LogP contribution in [0.4, 0.5) is 34.4 Å². The minimum Gasteiger partial charge on any atom is -0.507 e. The number of pyridine rings is 4. The molecule has 4 heterocycles. The molecule has 3 aromatic carbocycles. The van der Waals surface area contributed by atoms with E-state index >= 15 is 0 Å². The van der Waals surface area contributed by atoms with Crippen molar-refractivity contribution in [1.29, 1.82) is 0 Å². The summed E-state index contributed by atoms with van der Waals surface area (Å²) in [6, 6.07) is 22.3. The third-order valence-electron chi connectivity index (χ3n) is 8.34. The summed E-state index contributed by atoms with van der Waals surface area (Å²) in [6.07, 6.45) is 3.12. The van der Waals surface area contributed by atoms with Gasteiger partial charge in [0.25, 0.3) is 21.9 Å². The minimum atomic E-state index is -4.96. The Morgan fingerprint density at radius 3 is 1.59 bits per heavy atom. The molecule has 278 valence electrons. The van der Waals surface area contributed by atoms with Crippen molar-refractivity contribution in [2.45, 2.75) is 18.7 Å². The second-order valence-corrected chi connectivity index (χ2v) is 13.5. The topological polar surface area (TPSA) is 254 Å². The number of fused-ring (bicyclic) bond motifs is 2. The van der Waals surface area contributed by atoms with Crippen LogP contribution in [0.1, 0.15) is 32.1 Å². The highest BCUT2D eigenvalue weighted by Crippen LogP contribution is 2.36. The fourth-order valence-corrected chi connectivity index (χ4v) is 6.28. The molecule has 0 atom stereocenters. The van der Waals surface area contributed by atoms with Crippen molar-refractivity contribution < 1.29 is 32.8 Å². The van der Waals surface area contributed by atoms with Crippen molar-refractivity contribution in [3.05, 3.63) is 126 Å². The van der Waals surface area contributed by atoms with Gasteiger partial charge in [0.15, 0.2) is 11.6 Å². The van der Waals surface area contributed by atoms with Gasteiger partial charge in [-0.15, -0.1) is 20.5 Å². The van der Waals surface area contributed by atoms with Gasteiger partial charge in [-0.1, -0.05) is 12.1 Å². The van der Waals surface area contributed by atoms with Crippen LogP contribution in [0, 0.1) is 13.8 Å². The van der Waals surface area contributed by atoms with Gasteiger partial charge < -0.3 is 20.8 Å². The number of rotatable bonds is 9. The summed E-state index contributed by atoms with van der Waals surface area (Å²) >= 11 is 0. The number of benzene rings is 3. The Morgan fingerprint density at radius 1 is 0.625 bits per heavy atom. The van der Waals surface area contributed by atoms with Crippen LogP contribution in [0.5, 0.6) is 11.5 Å². The van der Waals surface area contributed by atoms with E-state index in [1.54, 1.807) is 55.7 Å². The maximum absolute atomic E-state index is 13.5. The van der Waals surface area contributed by atoms with E-state index in [9.17, 15) is 32.8 Å². The summed E-state index contributed by atoms with van der Waals surface area (Å²) in [5, 5.41) is 43.3. The molecule has 5 N–H and O–H groups in total. The van der Waals surface area contributed by atoms with Gasteiger partial charge in [-0.3, -0.25) is 14.1 Å². The number of hydrogen-bond acceptors (Lipinski definition) is 14. The van der Waals surface area contributed by atoms with E-state index in [0.29, 0.717) is 23.0 Å². The molecule has 0 saturated carbocycles. The van der Waals surface area contributed by atoms with Gasteiger partial charge in [0, 0.05) is 28.9 Å². The summed E-state index contributed by atoms with van der Waals surface area (Å²) in [5.41, 5.74) is 1.25. The highest BCUT2D eigenvalue weighted by atomic mass is 32.2. The molecular weight excluding hydrogens is 741 g/mol. The molecule has 4 aromatic heterocycles. The molecule has 7 rings (SSSR count). The number of hydrogen-bond donors (Lipinski definition) is 5. The Kier molecular flexibility index (Phi) is 9.88. The van der Waals surface area contributed by atoms with Crippen molar-refractivity contribution in [3.63, 3.8) is 0 Å². The monoisotopic (exact) mass is 768 g/mol. The lowest BCUT2D eigenvalue weighted by Gasteiger charge is -2.14. The third-order valence-corrected chi connectivity index (χ3v) is 9.23. The molecule has 17 nitrogen and oxygen atoms in total. The lowest BCUT2D eigenvalue weighted by molar-refractivity contribution is 0.101. The van der Waals surface area contributed by atoms with Crippen LogP contribution in [0.3, 0.4) is 0 Å². The number of phenolic OH excluding ortho intramolecular Hbond substituents is 2. The quantitative estimate of drug-likeness (QED) is 0.0691. The number of carbonyl (C=O) groups excluding carboxylic acids is 2. The van der Waals surface area contributed by atoms with E-state index in [1.165, 1.54) is 55.5 Å². The second-order valence-electron chi connectivity index (χ2n) is 12.1. The van der Waals surface area contributed by atoms with Crippen molar-refractivity contribution in [3.8, 4) is 11.5 Å². The molecule has 7 aromatic rings. The average molecular weight is 769 g/mol. The van der Waals surface area contributed by atoms with E-state index in [4.69, 9.17) is 0 Å². The normalized spacial score (nSPS) is 11.8. The molecule has 0 saturated heterocycles. The van der Waals surface area contributed by atoms with E-state index < -0.39 is 26.8 Å². The number of amides is 2. The number of aromatic hydroxyl groups is 2. The van der Waals surface area contributed by atoms with Crippen molar-refractivity contribution in [2.24, 2.45) is 20.5 Å². The first-order valence-electron chi connectivity index (χ1n) is 16.5. The molecule has 0 bridgehead atoms.